The molecular weight excluding hydrogens is 513 g/mol. The van der Waals surface area contributed by atoms with E-state index in [1.54, 1.807) is 24.3 Å². The maximum atomic E-state index is 12.4. The molecule has 4 N–H and O–H groups in total. The first-order valence-electron chi connectivity index (χ1n) is 11.9. The van der Waals surface area contributed by atoms with Gasteiger partial charge >= 0.3 is 13.6 Å². The zero-order valence-electron chi connectivity index (χ0n) is 21.2. The van der Waals surface area contributed by atoms with Crippen molar-refractivity contribution in [1.29, 1.82) is 0 Å². The Kier molecular flexibility index (Phi) is 8.28. The lowest BCUT2D eigenvalue weighted by Crippen LogP contribution is -2.44. The molecule has 0 aliphatic rings. The van der Waals surface area contributed by atoms with Crippen molar-refractivity contribution in [3.8, 4) is 17.2 Å². The van der Waals surface area contributed by atoms with Gasteiger partial charge in [-0.3, -0.25) is 14.7 Å². The summed E-state index contributed by atoms with van der Waals surface area (Å²) in [5, 5.41) is 14.4. The number of carbonyl (C=O) groups is 1. The Bertz CT molecular complexity index is 1490. The van der Waals surface area contributed by atoms with Crippen LogP contribution in [0, 0.1) is 0 Å². The van der Waals surface area contributed by atoms with E-state index < -0.39 is 25.4 Å². The van der Waals surface area contributed by atoms with Crippen LogP contribution in [0.25, 0.3) is 21.9 Å². The van der Waals surface area contributed by atoms with Gasteiger partial charge in [0.25, 0.3) is 0 Å². The Morgan fingerprint density at radius 1 is 0.921 bits per heavy atom. The van der Waals surface area contributed by atoms with Crippen molar-refractivity contribution in [2.75, 3.05) is 21.3 Å². The van der Waals surface area contributed by atoms with Crippen LogP contribution in [0.1, 0.15) is 17.5 Å². The molecule has 0 spiro atoms. The highest BCUT2D eigenvalue weighted by molar-refractivity contribution is 7.52. The minimum Gasteiger partial charge on any atom is -0.496 e. The van der Waals surface area contributed by atoms with E-state index in [4.69, 9.17) is 18.6 Å². The lowest BCUT2D eigenvalue weighted by molar-refractivity contribution is -0.139. The smallest absolute Gasteiger partial charge is 0.342 e. The van der Waals surface area contributed by atoms with Crippen LogP contribution >= 0.6 is 7.60 Å². The zero-order chi connectivity index (χ0) is 27.4. The standard InChI is InChI=1S/C27H30NO9P/c1-34-22-15-25(36-3)24(35-2)14-17(22)9-11-26(38(31,32)33)28-20(27(29)30)12-16-8-10-19-18-6-4-5-7-21(18)37-23(19)13-16/h4-8,10,13-15,20,26,28H,9,11-12H2,1-3H3,(H,29,30)(H2,31,32,33)/t20-,26-/m0/s1. The molecule has 11 heteroatoms. The second-order valence-electron chi connectivity index (χ2n) is 8.85. The fraction of sp³-hybridized carbons (Fsp3) is 0.296. The summed E-state index contributed by atoms with van der Waals surface area (Å²) in [7, 11) is -0.273. The predicted molar refractivity (Wildman–Crippen MR) is 142 cm³/mol. The Morgan fingerprint density at radius 3 is 2.24 bits per heavy atom. The van der Waals surface area contributed by atoms with Crippen molar-refractivity contribution in [2.45, 2.75) is 31.1 Å². The first kappa shape index (κ1) is 27.5. The average Bonchev–Trinajstić information content (AvgIpc) is 3.26. The minimum absolute atomic E-state index is 0.00149. The summed E-state index contributed by atoms with van der Waals surface area (Å²) in [5.74, 6) is -1.28. The lowest BCUT2D eigenvalue weighted by atomic mass is 10.0. The minimum atomic E-state index is -4.72. The molecule has 3 aromatic carbocycles. The Balaban J connectivity index is 1.55. The van der Waals surface area contributed by atoms with Crippen LogP contribution in [-0.4, -0.2) is 54.0 Å². The number of ether oxygens (including phenoxy) is 3. The van der Waals surface area contributed by atoms with E-state index in [1.807, 2.05) is 30.3 Å². The number of carboxylic acid groups (broad SMARTS) is 1. The molecule has 0 saturated carbocycles. The molecule has 202 valence electrons. The molecule has 38 heavy (non-hydrogen) atoms. The number of nitrogens with one attached hydrogen (secondary N) is 1. The molecule has 0 aliphatic heterocycles. The third-order valence-corrected chi connectivity index (χ3v) is 7.67. The van der Waals surface area contributed by atoms with Crippen molar-refractivity contribution >= 4 is 35.5 Å². The Labute approximate surface area is 219 Å². The van der Waals surface area contributed by atoms with Crippen LogP contribution in [0.4, 0.5) is 0 Å². The van der Waals surface area contributed by atoms with Gasteiger partial charge in [0, 0.05) is 16.8 Å². The molecule has 10 nitrogen and oxygen atoms in total. The summed E-state index contributed by atoms with van der Waals surface area (Å²) >= 11 is 0. The summed E-state index contributed by atoms with van der Waals surface area (Å²) in [6.45, 7) is 0. The van der Waals surface area contributed by atoms with E-state index in [0.717, 1.165) is 16.4 Å². The van der Waals surface area contributed by atoms with Gasteiger partial charge < -0.3 is 33.5 Å². The van der Waals surface area contributed by atoms with Crippen LogP contribution in [0.3, 0.4) is 0 Å². The second kappa shape index (κ2) is 11.4. The van der Waals surface area contributed by atoms with Crippen LogP contribution in [0.15, 0.2) is 59.0 Å². The largest absolute Gasteiger partial charge is 0.496 e. The zero-order valence-corrected chi connectivity index (χ0v) is 22.1. The molecule has 0 fully saturated rings. The van der Waals surface area contributed by atoms with E-state index >= 15 is 0 Å². The number of carboxylic acids is 1. The molecule has 4 rings (SSSR count). The maximum absolute atomic E-state index is 12.4. The van der Waals surface area contributed by atoms with Gasteiger partial charge in [-0.25, -0.2) is 0 Å². The number of aryl methyl sites for hydroxylation is 1. The number of rotatable bonds is 12. The summed E-state index contributed by atoms with van der Waals surface area (Å²) < 4.78 is 34.3. The molecular formula is C27H30NO9P. The van der Waals surface area contributed by atoms with Gasteiger partial charge in [0.2, 0.25) is 0 Å². The molecule has 1 heterocycles. The Morgan fingerprint density at radius 2 is 1.58 bits per heavy atom. The quantitative estimate of drug-likeness (QED) is 0.190. The lowest BCUT2D eigenvalue weighted by Gasteiger charge is -2.25. The third-order valence-electron chi connectivity index (χ3n) is 6.45. The highest BCUT2D eigenvalue weighted by Crippen LogP contribution is 2.43. The SMILES string of the molecule is COc1cc(OC)c(OC)cc1CC[C@@H](N[C@@H](Cc1ccc2c(c1)oc1ccccc12)C(=O)O)P(=O)(O)O. The van der Waals surface area contributed by atoms with E-state index in [1.165, 1.54) is 21.3 Å². The Hall–Kier alpha value is -3.56. The molecule has 0 saturated heterocycles. The molecule has 4 aromatic rings. The molecule has 2 atom stereocenters. The fourth-order valence-corrected chi connectivity index (χ4v) is 5.35. The topological polar surface area (TPSA) is 148 Å². The predicted octanol–water partition coefficient (Wildman–Crippen LogP) is 4.33. The van der Waals surface area contributed by atoms with Crippen LogP contribution in [0.5, 0.6) is 17.2 Å². The number of hydrogen-bond donors (Lipinski definition) is 4. The molecule has 0 aliphatic carbocycles. The van der Waals surface area contributed by atoms with E-state index in [-0.39, 0.29) is 19.3 Å². The highest BCUT2D eigenvalue weighted by atomic mass is 31.2. The van der Waals surface area contributed by atoms with Crippen LogP contribution < -0.4 is 19.5 Å². The van der Waals surface area contributed by atoms with Gasteiger partial charge in [0.05, 0.1) is 21.3 Å². The van der Waals surface area contributed by atoms with Gasteiger partial charge in [-0.2, -0.15) is 0 Å². The van der Waals surface area contributed by atoms with Crippen molar-refractivity contribution < 1.29 is 42.9 Å². The summed E-state index contributed by atoms with van der Waals surface area (Å²) in [4.78, 5) is 32.2. The van der Waals surface area contributed by atoms with Gasteiger partial charge in [0.15, 0.2) is 11.5 Å². The number of aliphatic carboxylic acids is 1. The number of para-hydroxylation sites is 1. The number of hydrogen-bond acceptors (Lipinski definition) is 7. The van der Waals surface area contributed by atoms with Gasteiger partial charge in [-0.05, 0) is 48.6 Å². The summed E-state index contributed by atoms with van der Waals surface area (Å²) in [6.07, 6.45) is 0.130. The van der Waals surface area contributed by atoms with Gasteiger partial charge in [-0.1, -0.05) is 30.3 Å². The van der Waals surface area contributed by atoms with Crippen molar-refractivity contribution in [3.05, 3.63) is 65.7 Å². The third kappa shape index (κ3) is 5.95. The molecule has 0 amide bonds. The number of furan rings is 1. The maximum Gasteiger partial charge on any atom is 0.342 e. The highest BCUT2D eigenvalue weighted by Gasteiger charge is 2.33. The monoisotopic (exact) mass is 543 g/mol. The van der Waals surface area contributed by atoms with Crippen molar-refractivity contribution in [1.82, 2.24) is 5.32 Å². The summed E-state index contributed by atoms with van der Waals surface area (Å²) in [5.41, 5.74) is 2.62. The van der Waals surface area contributed by atoms with Gasteiger partial charge in [0.1, 0.15) is 28.7 Å². The second-order valence-corrected chi connectivity index (χ2v) is 10.7. The normalized spacial score (nSPS) is 13.4. The fourth-order valence-electron chi connectivity index (χ4n) is 4.51. The van der Waals surface area contributed by atoms with Crippen LogP contribution in [-0.2, 0) is 22.2 Å². The van der Waals surface area contributed by atoms with E-state index in [0.29, 0.717) is 34.0 Å². The van der Waals surface area contributed by atoms with Crippen LogP contribution in [0.2, 0.25) is 0 Å². The van der Waals surface area contributed by atoms with E-state index in [9.17, 15) is 24.3 Å². The van der Waals surface area contributed by atoms with Gasteiger partial charge in [-0.15, -0.1) is 0 Å². The number of fused-ring (bicyclic) bond motifs is 3. The molecule has 1 aromatic heterocycles. The van der Waals surface area contributed by atoms with Crippen molar-refractivity contribution in [2.24, 2.45) is 0 Å². The van der Waals surface area contributed by atoms with E-state index in [2.05, 4.69) is 5.32 Å². The first-order chi connectivity index (χ1) is 18.1. The average molecular weight is 544 g/mol. The number of benzene rings is 3. The summed E-state index contributed by atoms with van der Waals surface area (Å²) in [6, 6.07) is 15.0. The molecule has 0 bridgehead atoms. The first-order valence-corrected chi connectivity index (χ1v) is 13.6. The molecule has 0 unspecified atom stereocenters. The molecule has 0 radical (unpaired) electrons. The van der Waals surface area contributed by atoms with Crippen molar-refractivity contribution in [3.63, 3.8) is 0 Å². The number of methoxy groups -OCH3 is 3.